The number of hydrogen-bond donors (Lipinski definition) is 2. The number of carbonyl (C=O) groups is 3. The summed E-state index contributed by atoms with van der Waals surface area (Å²) in [6.07, 6.45) is 0.831. The fourth-order valence-electron chi connectivity index (χ4n) is 2.80. The fraction of sp³-hybridized carbons (Fsp3) is 0.217. The van der Waals surface area contributed by atoms with Gasteiger partial charge >= 0.3 is 6.09 Å². The molecule has 2 amide bonds. The van der Waals surface area contributed by atoms with Gasteiger partial charge in [0, 0.05) is 22.7 Å². The van der Waals surface area contributed by atoms with Gasteiger partial charge < -0.3 is 15.4 Å². The maximum atomic E-state index is 13.0. The van der Waals surface area contributed by atoms with Crippen molar-refractivity contribution in [2.45, 2.75) is 26.4 Å². The number of fused-ring (bicyclic) bond motifs is 1. The molecule has 3 aromatic rings. The first-order chi connectivity index (χ1) is 14.2. The van der Waals surface area contributed by atoms with Crippen molar-refractivity contribution in [1.82, 2.24) is 10.3 Å². The van der Waals surface area contributed by atoms with Crippen LogP contribution in [0.2, 0.25) is 0 Å². The lowest BCUT2D eigenvalue weighted by atomic mass is 10.0. The molecule has 0 aliphatic rings. The lowest BCUT2D eigenvalue weighted by Crippen LogP contribution is -2.37. The number of alkyl carbamates (subject to hydrolysis) is 1. The standard InChI is InChI=1S/C23H23N3O4/c1-23(2,3)30-22(29)25-14-20(27)26-19-11-7-5-9-17(19)21(28)16-12-15-8-4-6-10-18(15)24-13-16/h4-13H,14H2,1-3H3,(H,25,29)(H,26,27). The van der Waals surface area contributed by atoms with Gasteiger partial charge in [0.1, 0.15) is 12.1 Å². The molecule has 0 bridgehead atoms. The molecule has 0 spiro atoms. The fourth-order valence-corrected chi connectivity index (χ4v) is 2.80. The molecule has 1 heterocycles. The summed E-state index contributed by atoms with van der Waals surface area (Å²) < 4.78 is 5.10. The second-order valence-corrected chi connectivity index (χ2v) is 7.70. The molecule has 7 heteroatoms. The Morgan fingerprint density at radius 2 is 1.70 bits per heavy atom. The molecule has 0 saturated carbocycles. The van der Waals surface area contributed by atoms with E-state index in [-0.39, 0.29) is 12.3 Å². The van der Waals surface area contributed by atoms with E-state index >= 15 is 0 Å². The van der Waals surface area contributed by atoms with Crippen molar-refractivity contribution in [1.29, 1.82) is 0 Å². The van der Waals surface area contributed by atoms with Crippen LogP contribution in [0, 0.1) is 0 Å². The number of carbonyl (C=O) groups excluding carboxylic acids is 3. The van der Waals surface area contributed by atoms with E-state index in [9.17, 15) is 14.4 Å². The second kappa shape index (κ2) is 8.73. The second-order valence-electron chi connectivity index (χ2n) is 7.70. The Kier molecular flexibility index (Phi) is 6.11. The number of hydrogen-bond acceptors (Lipinski definition) is 5. The van der Waals surface area contributed by atoms with Crippen molar-refractivity contribution in [3.8, 4) is 0 Å². The number of rotatable bonds is 5. The van der Waals surface area contributed by atoms with E-state index in [0.29, 0.717) is 16.8 Å². The van der Waals surface area contributed by atoms with Gasteiger partial charge in [0.05, 0.1) is 11.2 Å². The van der Waals surface area contributed by atoms with Crippen LogP contribution in [0.5, 0.6) is 0 Å². The highest BCUT2D eigenvalue weighted by Crippen LogP contribution is 2.21. The molecule has 154 valence electrons. The predicted octanol–water partition coefficient (Wildman–Crippen LogP) is 3.93. The van der Waals surface area contributed by atoms with Crippen LogP contribution in [-0.2, 0) is 9.53 Å². The van der Waals surface area contributed by atoms with Gasteiger partial charge in [-0.3, -0.25) is 14.6 Å². The first-order valence-corrected chi connectivity index (χ1v) is 9.48. The Bertz CT molecular complexity index is 1100. The normalized spacial score (nSPS) is 11.0. The molecular weight excluding hydrogens is 382 g/mol. The predicted molar refractivity (Wildman–Crippen MR) is 114 cm³/mol. The number of amides is 2. The zero-order chi connectivity index (χ0) is 21.7. The summed E-state index contributed by atoms with van der Waals surface area (Å²) in [5.74, 6) is -0.734. The number of pyridine rings is 1. The molecule has 2 N–H and O–H groups in total. The zero-order valence-electron chi connectivity index (χ0n) is 17.1. The molecule has 3 rings (SSSR count). The summed E-state index contributed by atoms with van der Waals surface area (Å²) in [5.41, 5.74) is 1.24. The smallest absolute Gasteiger partial charge is 0.408 e. The summed E-state index contributed by atoms with van der Waals surface area (Å²) >= 11 is 0. The number of anilines is 1. The van der Waals surface area contributed by atoms with Crippen LogP contribution >= 0.6 is 0 Å². The van der Waals surface area contributed by atoms with E-state index in [1.807, 2.05) is 24.3 Å². The molecule has 30 heavy (non-hydrogen) atoms. The first kappa shape index (κ1) is 21.0. The number of ketones is 1. The lowest BCUT2D eigenvalue weighted by molar-refractivity contribution is -0.115. The average Bonchev–Trinajstić information content (AvgIpc) is 2.70. The molecule has 0 atom stereocenters. The van der Waals surface area contributed by atoms with E-state index in [2.05, 4.69) is 15.6 Å². The molecule has 0 saturated heterocycles. The third kappa shape index (κ3) is 5.41. The minimum Gasteiger partial charge on any atom is -0.444 e. The van der Waals surface area contributed by atoms with Crippen LogP contribution in [0.1, 0.15) is 36.7 Å². The Hall–Kier alpha value is -3.74. The molecular formula is C23H23N3O4. The Labute approximate surface area is 174 Å². The summed E-state index contributed by atoms with van der Waals surface area (Å²) in [5, 5.41) is 5.91. The summed E-state index contributed by atoms with van der Waals surface area (Å²) in [6, 6.07) is 16.0. The van der Waals surface area contributed by atoms with Crippen LogP contribution in [0.3, 0.4) is 0 Å². The number of aromatic nitrogens is 1. The molecule has 0 aliphatic carbocycles. The van der Waals surface area contributed by atoms with Crippen LogP contribution in [-0.4, -0.2) is 34.9 Å². The lowest BCUT2D eigenvalue weighted by Gasteiger charge is -2.19. The van der Waals surface area contributed by atoms with E-state index in [1.165, 1.54) is 6.20 Å². The average molecular weight is 405 g/mol. The minimum absolute atomic E-state index is 0.260. The van der Waals surface area contributed by atoms with Crippen molar-refractivity contribution in [3.63, 3.8) is 0 Å². The number of ether oxygens (including phenoxy) is 1. The molecule has 2 aromatic carbocycles. The van der Waals surface area contributed by atoms with E-state index in [4.69, 9.17) is 4.74 Å². The van der Waals surface area contributed by atoms with Gasteiger partial charge in [-0.1, -0.05) is 30.3 Å². The topological polar surface area (TPSA) is 97.4 Å². The highest BCUT2D eigenvalue weighted by atomic mass is 16.6. The van der Waals surface area contributed by atoms with Crippen molar-refractivity contribution < 1.29 is 19.1 Å². The van der Waals surface area contributed by atoms with Gasteiger partial charge in [0.15, 0.2) is 5.78 Å². The zero-order valence-corrected chi connectivity index (χ0v) is 17.1. The third-order valence-electron chi connectivity index (χ3n) is 4.09. The molecule has 1 aromatic heterocycles. The Morgan fingerprint density at radius 1 is 1.00 bits per heavy atom. The third-order valence-corrected chi connectivity index (χ3v) is 4.09. The van der Waals surface area contributed by atoms with Crippen molar-refractivity contribution in [3.05, 3.63) is 71.9 Å². The van der Waals surface area contributed by atoms with Gasteiger partial charge in [-0.2, -0.15) is 0 Å². The minimum atomic E-state index is -0.691. The quantitative estimate of drug-likeness (QED) is 0.627. The molecule has 0 radical (unpaired) electrons. The van der Waals surface area contributed by atoms with E-state index in [1.54, 1.807) is 51.1 Å². The maximum absolute atomic E-state index is 13.0. The van der Waals surface area contributed by atoms with E-state index in [0.717, 1.165) is 10.9 Å². The highest BCUT2D eigenvalue weighted by molar-refractivity contribution is 6.14. The van der Waals surface area contributed by atoms with Gasteiger partial charge in [-0.05, 0) is 45.0 Å². The maximum Gasteiger partial charge on any atom is 0.408 e. The Morgan fingerprint density at radius 3 is 2.47 bits per heavy atom. The first-order valence-electron chi connectivity index (χ1n) is 9.48. The number of benzene rings is 2. The summed E-state index contributed by atoms with van der Waals surface area (Å²) in [4.78, 5) is 41.3. The van der Waals surface area contributed by atoms with Crippen LogP contribution in [0.25, 0.3) is 10.9 Å². The SMILES string of the molecule is CC(C)(C)OC(=O)NCC(=O)Nc1ccccc1C(=O)c1cnc2ccccc2c1. The summed E-state index contributed by atoms with van der Waals surface area (Å²) in [7, 11) is 0. The largest absolute Gasteiger partial charge is 0.444 e. The van der Waals surface area contributed by atoms with Crippen LogP contribution in [0.15, 0.2) is 60.8 Å². The molecule has 0 fully saturated rings. The van der Waals surface area contributed by atoms with Crippen molar-refractivity contribution in [2.24, 2.45) is 0 Å². The van der Waals surface area contributed by atoms with Gasteiger partial charge in [0.2, 0.25) is 5.91 Å². The molecule has 7 nitrogen and oxygen atoms in total. The van der Waals surface area contributed by atoms with Crippen LogP contribution in [0.4, 0.5) is 10.5 Å². The number of para-hydroxylation sites is 2. The van der Waals surface area contributed by atoms with Gasteiger partial charge in [-0.15, -0.1) is 0 Å². The number of nitrogens with one attached hydrogen (secondary N) is 2. The monoisotopic (exact) mass is 405 g/mol. The van der Waals surface area contributed by atoms with Crippen LogP contribution < -0.4 is 10.6 Å². The van der Waals surface area contributed by atoms with Crippen molar-refractivity contribution >= 4 is 34.4 Å². The number of nitrogens with zero attached hydrogens (tertiary/aromatic N) is 1. The van der Waals surface area contributed by atoms with E-state index < -0.39 is 17.6 Å². The molecule has 0 aliphatic heterocycles. The Balaban J connectivity index is 1.72. The highest BCUT2D eigenvalue weighted by Gasteiger charge is 2.18. The summed E-state index contributed by atoms with van der Waals surface area (Å²) in [6.45, 7) is 4.91. The molecule has 0 unspecified atom stereocenters. The van der Waals surface area contributed by atoms with Gasteiger partial charge in [-0.25, -0.2) is 4.79 Å². The van der Waals surface area contributed by atoms with Gasteiger partial charge in [0.25, 0.3) is 0 Å². The van der Waals surface area contributed by atoms with Crippen molar-refractivity contribution in [2.75, 3.05) is 11.9 Å².